The first kappa shape index (κ1) is 32.6. The SMILES string of the molecule is c1cc(-c2cc3ccccc3c3ccccc23)cc(N(c2ccc(-c3ccc4c(ccc5ccccc54)c3)cc2)c2ccc3oc4c5ccccc5ccc4c3c2)c1. The van der Waals surface area contributed by atoms with Crippen molar-refractivity contribution in [2.24, 2.45) is 0 Å². The van der Waals surface area contributed by atoms with Gasteiger partial charge in [0.15, 0.2) is 0 Å². The second-order valence-electron chi connectivity index (χ2n) is 15.3. The van der Waals surface area contributed by atoms with Crippen LogP contribution in [0, 0.1) is 0 Å². The van der Waals surface area contributed by atoms with E-state index in [0.29, 0.717) is 0 Å². The van der Waals surface area contributed by atoms with Crippen molar-refractivity contribution >= 4 is 92.9 Å². The van der Waals surface area contributed by atoms with Crippen molar-refractivity contribution in [2.75, 3.05) is 4.90 Å². The number of furan rings is 1. The van der Waals surface area contributed by atoms with Crippen LogP contribution in [-0.4, -0.2) is 0 Å². The summed E-state index contributed by atoms with van der Waals surface area (Å²) in [6.45, 7) is 0. The van der Waals surface area contributed by atoms with Crippen molar-refractivity contribution < 1.29 is 4.42 Å². The Balaban J connectivity index is 1.02. The van der Waals surface area contributed by atoms with Crippen LogP contribution in [0.25, 0.3) is 98.1 Å². The standard InChI is InChI=1S/C56H35NO/c1-4-15-46-37(10-1)20-21-42-32-39(25-29-48(42)46)36-22-26-43(27-23-36)57(45-28-31-55-54(35-45)52-30-24-38-11-2-6-17-49(38)56(52)58-55)44-14-9-13-40(33-44)53-34-41-12-3-5-16-47(41)50-18-7-8-19-51(50)53/h1-35H. The van der Waals surface area contributed by atoms with Crippen LogP contribution in [0.15, 0.2) is 217 Å². The van der Waals surface area contributed by atoms with Crippen molar-refractivity contribution in [3.8, 4) is 22.3 Å². The van der Waals surface area contributed by atoms with E-state index in [9.17, 15) is 0 Å². The molecule has 0 aliphatic heterocycles. The zero-order chi connectivity index (χ0) is 38.2. The predicted octanol–water partition coefficient (Wildman–Crippen LogP) is 16.2. The van der Waals surface area contributed by atoms with Gasteiger partial charge in [0.1, 0.15) is 11.2 Å². The van der Waals surface area contributed by atoms with E-state index in [1.807, 2.05) is 0 Å². The first-order valence-corrected chi connectivity index (χ1v) is 19.9. The average Bonchev–Trinajstić information content (AvgIpc) is 3.68. The minimum Gasteiger partial charge on any atom is -0.455 e. The topological polar surface area (TPSA) is 16.4 Å². The molecule has 0 spiro atoms. The molecular formula is C56H35NO. The van der Waals surface area contributed by atoms with Crippen LogP contribution in [-0.2, 0) is 0 Å². The molecule has 0 saturated heterocycles. The summed E-state index contributed by atoms with van der Waals surface area (Å²) >= 11 is 0. The summed E-state index contributed by atoms with van der Waals surface area (Å²) in [6.07, 6.45) is 0. The Morgan fingerprint density at radius 3 is 1.67 bits per heavy atom. The zero-order valence-electron chi connectivity index (χ0n) is 31.6. The number of hydrogen-bond donors (Lipinski definition) is 0. The molecule has 0 unspecified atom stereocenters. The fraction of sp³-hybridized carbons (Fsp3) is 0. The minimum atomic E-state index is 0.880. The number of rotatable bonds is 5. The summed E-state index contributed by atoms with van der Waals surface area (Å²) in [5.74, 6) is 0. The number of fused-ring (bicyclic) bond motifs is 11. The Hall–Kier alpha value is -7.68. The molecule has 0 radical (unpaired) electrons. The molecule has 2 nitrogen and oxygen atoms in total. The van der Waals surface area contributed by atoms with Crippen molar-refractivity contribution in [2.45, 2.75) is 0 Å². The molecule has 0 aliphatic carbocycles. The van der Waals surface area contributed by atoms with Gasteiger partial charge in [-0.1, -0.05) is 152 Å². The van der Waals surface area contributed by atoms with Crippen LogP contribution in [0.5, 0.6) is 0 Å². The Bertz CT molecular complexity index is 3580. The highest BCUT2D eigenvalue weighted by molar-refractivity contribution is 6.16. The third kappa shape index (κ3) is 5.19. The Morgan fingerprint density at radius 1 is 0.276 bits per heavy atom. The fourth-order valence-electron chi connectivity index (χ4n) is 9.18. The van der Waals surface area contributed by atoms with E-state index in [0.717, 1.165) is 44.4 Å². The molecule has 0 fully saturated rings. The van der Waals surface area contributed by atoms with Crippen LogP contribution < -0.4 is 4.90 Å². The van der Waals surface area contributed by atoms with Crippen molar-refractivity contribution in [1.29, 1.82) is 0 Å². The summed E-state index contributed by atoms with van der Waals surface area (Å²) in [7, 11) is 0. The van der Waals surface area contributed by atoms with Gasteiger partial charge in [-0.2, -0.15) is 0 Å². The molecule has 58 heavy (non-hydrogen) atoms. The van der Waals surface area contributed by atoms with Gasteiger partial charge in [0.05, 0.1) is 0 Å². The van der Waals surface area contributed by atoms with Gasteiger partial charge in [-0.05, 0) is 131 Å². The fourth-order valence-corrected chi connectivity index (χ4v) is 9.18. The molecule has 0 bridgehead atoms. The lowest BCUT2D eigenvalue weighted by molar-refractivity contribution is 0.672. The Kier molecular flexibility index (Phi) is 7.26. The van der Waals surface area contributed by atoms with E-state index in [1.165, 1.54) is 70.7 Å². The number of nitrogens with zero attached hydrogens (tertiary/aromatic N) is 1. The van der Waals surface area contributed by atoms with Gasteiger partial charge in [0.2, 0.25) is 0 Å². The smallest absolute Gasteiger partial charge is 0.143 e. The maximum absolute atomic E-state index is 6.57. The molecule has 0 atom stereocenters. The third-order valence-corrected chi connectivity index (χ3v) is 12.0. The second-order valence-corrected chi connectivity index (χ2v) is 15.3. The maximum atomic E-state index is 6.57. The van der Waals surface area contributed by atoms with E-state index in [-0.39, 0.29) is 0 Å². The second kappa shape index (κ2) is 12.9. The van der Waals surface area contributed by atoms with Gasteiger partial charge in [-0.25, -0.2) is 0 Å². The largest absolute Gasteiger partial charge is 0.455 e. The van der Waals surface area contributed by atoms with Crippen LogP contribution in [0.2, 0.25) is 0 Å². The van der Waals surface area contributed by atoms with Crippen LogP contribution >= 0.6 is 0 Å². The van der Waals surface area contributed by atoms with Gasteiger partial charge in [-0.15, -0.1) is 0 Å². The van der Waals surface area contributed by atoms with Crippen molar-refractivity contribution in [1.82, 2.24) is 0 Å². The van der Waals surface area contributed by atoms with Gasteiger partial charge in [0, 0.05) is 33.2 Å². The summed E-state index contributed by atoms with van der Waals surface area (Å²) < 4.78 is 6.57. The van der Waals surface area contributed by atoms with E-state index in [2.05, 4.69) is 217 Å². The van der Waals surface area contributed by atoms with Gasteiger partial charge in [0.25, 0.3) is 0 Å². The van der Waals surface area contributed by atoms with E-state index in [4.69, 9.17) is 4.42 Å². The lowest BCUT2D eigenvalue weighted by atomic mass is 9.93. The molecule has 12 rings (SSSR count). The molecule has 0 aliphatic rings. The molecule has 1 heterocycles. The third-order valence-electron chi connectivity index (χ3n) is 12.0. The lowest BCUT2D eigenvalue weighted by Gasteiger charge is -2.26. The number of anilines is 3. The molecule has 1 aromatic heterocycles. The molecule has 11 aromatic carbocycles. The molecular weight excluding hydrogens is 703 g/mol. The summed E-state index contributed by atoms with van der Waals surface area (Å²) in [5, 5.41) is 14.6. The normalized spacial score (nSPS) is 11.8. The summed E-state index contributed by atoms with van der Waals surface area (Å²) in [4.78, 5) is 2.38. The molecule has 12 aromatic rings. The van der Waals surface area contributed by atoms with Crippen molar-refractivity contribution in [3.05, 3.63) is 212 Å². The molecule has 270 valence electrons. The lowest BCUT2D eigenvalue weighted by Crippen LogP contribution is -2.10. The van der Waals surface area contributed by atoms with E-state index < -0.39 is 0 Å². The van der Waals surface area contributed by atoms with Crippen LogP contribution in [0.3, 0.4) is 0 Å². The maximum Gasteiger partial charge on any atom is 0.143 e. The Labute approximate surface area is 335 Å². The first-order valence-electron chi connectivity index (χ1n) is 19.9. The molecule has 2 heteroatoms. The molecule has 0 saturated carbocycles. The van der Waals surface area contributed by atoms with Gasteiger partial charge < -0.3 is 9.32 Å². The van der Waals surface area contributed by atoms with Crippen LogP contribution in [0.1, 0.15) is 0 Å². The Morgan fingerprint density at radius 2 is 0.845 bits per heavy atom. The van der Waals surface area contributed by atoms with Gasteiger partial charge in [-0.3, -0.25) is 0 Å². The van der Waals surface area contributed by atoms with E-state index >= 15 is 0 Å². The predicted molar refractivity (Wildman–Crippen MR) is 247 cm³/mol. The average molecular weight is 738 g/mol. The minimum absolute atomic E-state index is 0.880. The summed E-state index contributed by atoms with van der Waals surface area (Å²) in [5.41, 5.74) is 9.80. The zero-order valence-corrected chi connectivity index (χ0v) is 31.6. The van der Waals surface area contributed by atoms with Crippen molar-refractivity contribution in [3.63, 3.8) is 0 Å². The highest BCUT2D eigenvalue weighted by Gasteiger charge is 2.18. The quantitative estimate of drug-likeness (QED) is 0.164. The monoisotopic (exact) mass is 737 g/mol. The molecule has 0 N–H and O–H groups in total. The van der Waals surface area contributed by atoms with Gasteiger partial charge >= 0.3 is 0 Å². The number of benzene rings is 11. The van der Waals surface area contributed by atoms with E-state index in [1.54, 1.807) is 0 Å². The highest BCUT2D eigenvalue weighted by Crippen LogP contribution is 2.43. The number of hydrogen-bond acceptors (Lipinski definition) is 2. The first-order chi connectivity index (χ1) is 28.7. The summed E-state index contributed by atoms with van der Waals surface area (Å²) in [6, 6.07) is 77.2. The molecule has 0 amide bonds. The highest BCUT2D eigenvalue weighted by atomic mass is 16.3. The van der Waals surface area contributed by atoms with Crippen LogP contribution in [0.4, 0.5) is 17.1 Å².